The summed E-state index contributed by atoms with van der Waals surface area (Å²) < 4.78 is 11.6. The maximum atomic E-state index is 12.7. The number of aromatic amines is 1. The highest BCUT2D eigenvalue weighted by Gasteiger charge is 2.27. The molecule has 1 saturated heterocycles. The summed E-state index contributed by atoms with van der Waals surface area (Å²) in [4.78, 5) is 18.4. The van der Waals surface area contributed by atoms with E-state index in [1.54, 1.807) is 35.5 Å². The molecular formula is C21H21ClN4O3. The van der Waals surface area contributed by atoms with Crippen LogP contribution in [0.4, 0.5) is 0 Å². The number of carbonyl (C=O) groups is 1. The van der Waals surface area contributed by atoms with Gasteiger partial charge in [-0.15, -0.1) is 0 Å². The van der Waals surface area contributed by atoms with E-state index >= 15 is 0 Å². The van der Waals surface area contributed by atoms with Crippen LogP contribution in [0.5, 0.6) is 5.75 Å². The molecule has 1 amide bonds. The number of morpholine rings is 1. The van der Waals surface area contributed by atoms with Crippen molar-refractivity contribution in [1.29, 1.82) is 0 Å². The van der Waals surface area contributed by atoms with Gasteiger partial charge in [0, 0.05) is 41.6 Å². The molecule has 1 aromatic carbocycles. The van der Waals surface area contributed by atoms with Crippen molar-refractivity contribution in [2.75, 3.05) is 26.3 Å². The summed E-state index contributed by atoms with van der Waals surface area (Å²) >= 11 is 5.96. The molecule has 7 nitrogen and oxygen atoms in total. The Bertz CT molecular complexity index is 963. The summed E-state index contributed by atoms with van der Waals surface area (Å²) in [6, 6.07) is 12.7. The predicted octanol–water partition coefficient (Wildman–Crippen LogP) is 3.29. The zero-order valence-corrected chi connectivity index (χ0v) is 16.5. The number of nitrogens with one attached hydrogen (secondary N) is 1. The summed E-state index contributed by atoms with van der Waals surface area (Å²) in [7, 11) is 0. The SMILES string of the molecule is O=C(c1ccncc1)N1CCO[C@@H](c2cc(CCOc3cccc(Cl)c3)[nH]n2)C1. The zero-order chi connectivity index (χ0) is 20.1. The van der Waals surface area contributed by atoms with Gasteiger partial charge >= 0.3 is 0 Å². The molecule has 1 N–H and O–H groups in total. The first kappa shape index (κ1) is 19.4. The molecule has 2 aromatic heterocycles. The Morgan fingerprint density at radius 3 is 2.97 bits per heavy atom. The average molecular weight is 413 g/mol. The Labute approximate surface area is 173 Å². The Morgan fingerprint density at radius 1 is 1.28 bits per heavy atom. The maximum Gasteiger partial charge on any atom is 0.254 e. The number of hydrogen-bond donors (Lipinski definition) is 1. The topological polar surface area (TPSA) is 80.3 Å². The smallest absolute Gasteiger partial charge is 0.254 e. The van der Waals surface area contributed by atoms with E-state index in [9.17, 15) is 4.79 Å². The quantitative estimate of drug-likeness (QED) is 0.672. The van der Waals surface area contributed by atoms with Gasteiger partial charge in [-0.25, -0.2) is 0 Å². The summed E-state index contributed by atoms with van der Waals surface area (Å²) in [6.07, 6.45) is 3.66. The fraction of sp³-hybridized carbons (Fsp3) is 0.286. The molecule has 1 aliphatic rings. The summed E-state index contributed by atoms with van der Waals surface area (Å²) in [6.45, 7) is 1.99. The number of H-pyrrole nitrogens is 1. The number of nitrogens with zero attached hydrogens (tertiary/aromatic N) is 3. The van der Waals surface area contributed by atoms with Gasteiger partial charge in [-0.05, 0) is 36.4 Å². The third-order valence-electron chi connectivity index (χ3n) is 4.70. The maximum absolute atomic E-state index is 12.7. The van der Waals surface area contributed by atoms with E-state index in [1.165, 1.54) is 0 Å². The minimum atomic E-state index is -0.256. The standard InChI is InChI=1S/C21H21ClN4O3/c22-16-2-1-3-18(12-16)28-10-6-17-13-19(25-24-17)20-14-26(9-11-29-20)21(27)15-4-7-23-8-5-15/h1-5,7-8,12-13,20H,6,9-11,14H2,(H,24,25)/t20-/m1/s1. The second-order valence-corrected chi connectivity index (χ2v) is 7.16. The van der Waals surface area contributed by atoms with Crippen molar-refractivity contribution >= 4 is 17.5 Å². The third kappa shape index (κ3) is 4.93. The van der Waals surface area contributed by atoms with Crippen LogP contribution in [0, 0.1) is 0 Å². The molecule has 0 aliphatic carbocycles. The summed E-state index contributed by atoms with van der Waals surface area (Å²) in [5.74, 6) is 0.712. The molecule has 0 saturated carbocycles. The van der Waals surface area contributed by atoms with Gasteiger partial charge in [0.2, 0.25) is 0 Å². The van der Waals surface area contributed by atoms with Crippen LogP contribution >= 0.6 is 11.6 Å². The van der Waals surface area contributed by atoms with E-state index in [-0.39, 0.29) is 12.0 Å². The molecule has 1 atom stereocenters. The number of aromatic nitrogens is 3. The molecule has 1 aliphatic heterocycles. The third-order valence-corrected chi connectivity index (χ3v) is 4.93. The molecule has 4 rings (SSSR count). The van der Waals surface area contributed by atoms with Crippen LogP contribution in [0.25, 0.3) is 0 Å². The molecular weight excluding hydrogens is 392 g/mol. The van der Waals surface area contributed by atoms with Crippen molar-refractivity contribution in [3.8, 4) is 5.75 Å². The number of benzene rings is 1. The minimum absolute atomic E-state index is 0.0219. The normalized spacial score (nSPS) is 16.6. The number of halogens is 1. The lowest BCUT2D eigenvalue weighted by Crippen LogP contribution is -2.42. The predicted molar refractivity (Wildman–Crippen MR) is 108 cm³/mol. The van der Waals surface area contributed by atoms with Gasteiger partial charge in [-0.2, -0.15) is 5.10 Å². The van der Waals surface area contributed by atoms with Gasteiger partial charge < -0.3 is 14.4 Å². The number of carbonyl (C=O) groups excluding carboxylic acids is 1. The molecule has 0 unspecified atom stereocenters. The number of amides is 1. The summed E-state index contributed by atoms with van der Waals surface area (Å²) in [5.41, 5.74) is 2.36. The van der Waals surface area contributed by atoms with Crippen molar-refractivity contribution in [2.24, 2.45) is 0 Å². The molecule has 0 bridgehead atoms. The molecule has 3 aromatic rings. The first-order valence-corrected chi connectivity index (χ1v) is 9.80. The molecule has 0 spiro atoms. The van der Waals surface area contributed by atoms with Crippen LogP contribution < -0.4 is 4.74 Å². The van der Waals surface area contributed by atoms with Crippen LogP contribution in [0.1, 0.15) is 27.8 Å². The van der Waals surface area contributed by atoms with Gasteiger partial charge in [0.1, 0.15) is 11.9 Å². The van der Waals surface area contributed by atoms with Gasteiger partial charge in [0.05, 0.1) is 25.5 Å². The van der Waals surface area contributed by atoms with E-state index in [0.717, 1.165) is 17.1 Å². The highest BCUT2D eigenvalue weighted by molar-refractivity contribution is 6.30. The largest absolute Gasteiger partial charge is 0.493 e. The first-order valence-electron chi connectivity index (χ1n) is 9.42. The molecule has 0 radical (unpaired) electrons. The van der Waals surface area contributed by atoms with Crippen molar-refractivity contribution < 1.29 is 14.3 Å². The number of pyridine rings is 1. The van der Waals surface area contributed by atoms with Crippen molar-refractivity contribution in [3.63, 3.8) is 0 Å². The van der Waals surface area contributed by atoms with Gasteiger partial charge in [-0.3, -0.25) is 14.9 Å². The Hall–Kier alpha value is -2.90. The fourth-order valence-electron chi connectivity index (χ4n) is 3.20. The molecule has 1 fully saturated rings. The number of hydrogen-bond acceptors (Lipinski definition) is 5. The summed E-state index contributed by atoms with van der Waals surface area (Å²) in [5, 5.41) is 8.05. The van der Waals surface area contributed by atoms with E-state index in [2.05, 4.69) is 15.2 Å². The second kappa shape index (κ2) is 9.07. The fourth-order valence-corrected chi connectivity index (χ4v) is 3.38. The Morgan fingerprint density at radius 2 is 2.14 bits per heavy atom. The van der Waals surface area contributed by atoms with Crippen LogP contribution in [0.15, 0.2) is 54.9 Å². The van der Waals surface area contributed by atoms with E-state index < -0.39 is 0 Å². The van der Waals surface area contributed by atoms with Gasteiger partial charge in [0.15, 0.2) is 0 Å². The molecule has 150 valence electrons. The van der Waals surface area contributed by atoms with Crippen molar-refractivity contribution in [2.45, 2.75) is 12.5 Å². The molecule has 29 heavy (non-hydrogen) atoms. The lowest BCUT2D eigenvalue weighted by atomic mass is 10.1. The lowest BCUT2D eigenvalue weighted by Gasteiger charge is -2.32. The second-order valence-electron chi connectivity index (χ2n) is 6.72. The van der Waals surface area contributed by atoms with Crippen molar-refractivity contribution in [3.05, 3.63) is 76.8 Å². The van der Waals surface area contributed by atoms with E-state index in [0.29, 0.717) is 43.3 Å². The molecule has 8 heteroatoms. The van der Waals surface area contributed by atoms with E-state index in [1.807, 2.05) is 24.3 Å². The van der Waals surface area contributed by atoms with Crippen molar-refractivity contribution in [1.82, 2.24) is 20.1 Å². The minimum Gasteiger partial charge on any atom is -0.493 e. The lowest BCUT2D eigenvalue weighted by molar-refractivity contribution is -0.0247. The zero-order valence-electron chi connectivity index (χ0n) is 15.8. The monoisotopic (exact) mass is 412 g/mol. The first-order chi connectivity index (χ1) is 14.2. The van der Waals surface area contributed by atoms with Crippen LogP contribution in [-0.2, 0) is 11.2 Å². The molecule has 3 heterocycles. The van der Waals surface area contributed by atoms with Crippen LogP contribution in [0.3, 0.4) is 0 Å². The number of ether oxygens (including phenoxy) is 2. The van der Waals surface area contributed by atoms with E-state index in [4.69, 9.17) is 21.1 Å². The van der Waals surface area contributed by atoms with Gasteiger partial charge in [-0.1, -0.05) is 17.7 Å². The van der Waals surface area contributed by atoms with Gasteiger partial charge in [0.25, 0.3) is 5.91 Å². The highest BCUT2D eigenvalue weighted by atomic mass is 35.5. The Balaban J connectivity index is 1.33. The number of rotatable bonds is 6. The van der Waals surface area contributed by atoms with Crippen LogP contribution in [0.2, 0.25) is 5.02 Å². The average Bonchev–Trinajstić information content (AvgIpc) is 3.23. The van der Waals surface area contributed by atoms with Crippen LogP contribution in [-0.4, -0.2) is 52.3 Å². The Kier molecular flexibility index (Phi) is 6.07. The highest BCUT2D eigenvalue weighted by Crippen LogP contribution is 2.23.